The summed E-state index contributed by atoms with van der Waals surface area (Å²) < 4.78 is 19.6. The molecule has 0 saturated carbocycles. The molecule has 0 aliphatic carbocycles. The molecule has 1 atom stereocenters. The smallest absolute Gasteiger partial charge is 0.187 e. The lowest BCUT2D eigenvalue weighted by Gasteiger charge is -2.32. The molecular formula is C18H20FN3O. The molecule has 0 aromatic heterocycles. The zero-order valence-electron chi connectivity index (χ0n) is 12.9. The number of nitrogens with zero attached hydrogens (tertiary/aromatic N) is 1. The summed E-state index contributed by atoms with van der Waals surface area (Å²) in [4.78, 5) is 0. The molecule has 2 N–H and O–H groups in total. The number of nitriles is 1. The van der Waals surface area contributed by atoms with Crippen molar-refractivity contribution < 1.29 is 9.13 Å². The Morgan fingerprint density at radius 3 is 2.87 bits per heavy atom. The Kier molecular flexibility index (Phi) is 4.94. The molecule has 2 heterocycles. The molecule has 2 aliphatic heterocycles. The van der Waals surface area contributed by atoms with Gasteiger partial charge in [-0.2, -0.15) is 5.26 Å². The van der Waals surface area contributed by atoms with Gasteiger partial charge in [0.25, 0.3) is 0 Å². The number of piperidine rings is 1. The fourth-order valence-electron chi connectivity index (χ4n) is 2.98. The highest BCUT2D eigenvalue weighted by atomic mass is 19.1. The molecule has 3 rings (SSSR count). The first-order valence-electron chi connectivity index (χ1n) is 7.93. The van der Waals surface area contributed by atoms with E-state index in [1.54, 1.807) is 12.1 Å². The number of ether oxygens (including phenoxy) is 1. The van der Waals surface area contributed by atoms with Gasteiger partial charge >= 0.3 is 0 Å². The Morgan fingerprint density at radius 1 is 1.30 bits per heavy atom. The van der Waals surface area contributed by atoms with Crippen molar-refractivity contribution in [3.8, 4) is 6.07 Å². The average Bonchev–Trinajstić information content (AvgIpc) is 2.61. The Balaban J connectivity index is 1.57. The molecule has 0 amide bonds. The molecule has 1 saturated heterocycles. The first kappa shape index (κ1) is 15.6. The molecule has 2 aliphatic rings. The lowest BCUT2D eigenvalue weighted by atomic mass is 9.89. The van der Waals surface area contributed by atoms with Crippen molar-refractivity contribution in [2.24, 2.45) is 5.92 Å². The quantitative estimate of drug-likeness (QED) is 0.897. The van der Waals surface area contributed by atoms with E-state index in [9.17, 15) is 4.39 Å². The van der Waals surface area contributed by atoms with Crippen LogP contribution in [0, 0.1) is 23.1 Å². The number of allylic oxidation sites excluding steroid dienone is 2. The van der Waals surface area contributed by atoms with E-state index in [4.69, 9.17) is 10.00 Å². The minimum atomic E-state index is -0.411. The van der Waals surface area contributed by atoms with Gasteiger partial charge < -0.3 is 15.4 Å². The van der Waals surface area contributed by atoms with Crippen LogP contribution in [-0.2, 0) is 11.3 Å². The monoisotopic (exact) mass is 313 g/mol. The lowest BCUT2D eigenvalue weighted by Crippen LogP contribution is -2.41. The Hall–Kier alpha value is -2.32. The van der Waals surface area contributed by atoms with Crippen molar-refractivity contribution in [3.05, 3.63) is 59.3 Å². The molecule has 0 radical (unpaired) electrons. The van der Waals surface area contributed by atoms with Crippen LogP contribution in [0.5, 0.6) is 0 Å². The second-order valence-electron chi connectivity index (χ2n) is 5.88. The Bertz CT molecular complexity index is 657. The van der Waals surface area contributed by atoms with Crippen LogP contribution in [-0.4, -0.2) is 19.1 Å². The second kappa shape index (κ2) is 7.30. The summed E-state index contributed by atoms with van der Waals surface area (Å²) in [6.45, 7) is 2.24. The van der Waals surface area contributed by atoms with Gasteiger partial charge in [-0.05, 0) is 50.1 Å². The van der Waals surface area contributed by atoms with Gasteiger partial charge in [-0.3, -0.25) is 0 Å². The van der Waals surface area contributed by atoms with Crippen LogP contribution in [0.1, 0.15) is 24.0 Å². The van der Waals surface area contributed by atoms with Gasteiger partial charge in [0, 0.05) is 5.56 Å². The van der Waals surface area contributed by atoms with E-state index in [0.29, 0.717) is 22.9 Å². The normalized spacial score (nSPS) is 21.2. The number of hydrogen-bond donors (Lipinski definition) is 2. The fraction of sp³-hybridized carbons (Fsp3) is 0.389. The number of rotatable bonds is 4. The van der Waals surface area contributed by atoms with Crippen LogP contribution in [0.25, 0.3) is 0 Å². The predicted octanol–water partition coefficient (Wildman–Crippen LogP) is 2.58. The van der Waals surface area contributed by atoms with E-state index in [1.165, 1.54) is 6.07 Å². The minimum Gasteiger partial charge on any atom is -0.474 e. The number of dihydropyridines is 1. The number of halogens is 1. The third-order valence-electron chi connectivity index (χ3n) is 4.33. The summed E-state index contributed by atoms with van der Waals surface area (Å²) in [5.74, 6) is 0.845. The van der Waals surface area contributed by atoms with Gasteiger partial charge in [0.2, 0.25) is 0 Å². The van der Waals surface area contributed by atoms with Crippen LogP contribution in [0.4, 0.5) is 4.39 Å². The maximum absolute atomic E-state index is 13.9. The highest BCUT2D eigenvalue weighted by Crippen LogP contribution is 2.21. The van der Waals surface area contributed by atoms with E-state index in [1.807, 2.05) is 18.2 Å². The second-order valence-corrected chi connectivity index (χ2v) is 5.88. The first-order valence-corrected chi connectivity index (χ1v) is 7.93. The summed E-state index contributed by atoms with van der Waals surface area (Å²) in [5.41, 5.74) is 0.759. The van der Waals surface area contributed by atoms with E-state index in [2.05, 4.69) is 16.7 Å². The molecule has 4 nitrogen and oxygen atoms in total. The first-order chi connectivity index (χ1) is 11.3. The van der Waals surface area contributed by atoms with Gasteiger partial charge in [0.15, 0.2) is 5.88 Å². The predicted molar refractivity (Wildman–Crippen MR) is 85.6 cm³/mol. The zero-order valence-corrected chi connectivity index (χ0v) is 12.9. The topological polar surface area (TPSA) is 57.1 Å². The van der Waals surface area contributed by atoms with Gasteiger partial charge in [-0.1, -0.05) is 18.2 Å². The third-order valence-corrected chi connectivity index (χ3v) is 4.33. The van der Waals surface area contributed by atoms with Crippen molar-refractivity contribution >= 4 is 0 Å². The van der Waals surface area contributed by atoms with Crippen molar-refractivity contribution in [3.63, 3.8) is 0 Å². The molecule has 0 bridgehead atoms. The molecule has 120 valence electrons. The number of benzene rings is 1. The fourth-order valence-corrected chi connectivity index (χ4v) is 2.98. The van der Waals surface area contributed by atoms with Crippen LogP contribution in [0.15, 0.2) is 42.3 Å². The molecular weight excluding hydrogens is 293 g/mol. The summed E-state index contributed by atoms with van der Waals surface area (Å²) in [6.07, 6.45) is 8.29. The van der Waals surface area contributed by atoms with Gasteiger partial charge in [0.1, 0.15) is 12.4 Å². The number of hydrogen-bond acceptors (Lipinski definition) is 4. The molecule has 0 spiro atoms. The van der Waals surface area contributed by atoms with Crippen molar-refractivity contribution in [1.29, 1.82) is 5.26 Å². The SMILES string of the molecule is N#Cc1ccc(COC2=CC=CC(C3CCNCC3)N2)c(F)c1. The highest BCUT2D eigenvalue weighted by Gasteiger charge is 2.23. The van der Waals surface area contributed by atoms with Crippen molar-refractivity contribution in [2.45, 2.75) is 25.5 Å². The molecule has 5 heteroatoms. The summed E-state index contributed by atoms with van der Waals surface area (Å²) in [5, 5.41) is 15.5. The lowest BCUT2D eigenvalue weighted by molar-refractivity contribution is 0.159. The van der Waals surface area contributed by atoms with Crippen LogP contribution in [0.3, 0.4) is 0 Å². The van der Waals surface area contributed by atoms with E-state index >= 15 is 0 Å². The number of nitrogens with one attached hydrogen (secondary N) is 2. The third kappa shape index (κ3) is 3.91. The van der Waals surface area contributed by atoms with E-state index < -0.39 is 5.82 Å². The molecule has 23 heavy (non-hydrogen) atoms. The molecule has 1 aromatic rings. The van der Waals surface area contributed by atoms with Crippen molar-refractivity contribution in [2.75, 3.05) is 13.1 Å². The molecule has 1 unspecified atom stereocenters. The Morgan fingerprint density at radius 2 is 2.13 bits per heavy atom. The summed E-state index contributed by atoms with van der Waals surface area (Å²) in [7, 11) is 0. The minimum absolute atomic E-state index is 0.142. The maximum Gasteiger partial charge on any atom is 0.187 e. The summed E-state index contributed by atoms with van der Waals surface area (Å²) in [6, 6.07) is 6.62. The molecule has 1 fully saturated rings. The zero-order chi connectivity index (χ0) is 16.1. The van der Waals surface area contributed by atoms with E-state index in [-0.39, 0.29) is 12.6 Å². The van der Waals surface area contributed by atoms with Crippen molar-refractivity contribution in [1.82, 2.24) is 10.6 Å². The average molecular weight is 313 g/mol. The largest absolute Gasteiger partial charge is 0.474 e. The highest BCUT2D eigenvalue weighted by molar-refractivity contribution is 5.32. The van der Waals surface area contributed by atoms with Gasteiger partial charge in [-0.25, -0.2) is 4.39 Å². The molecule has 1 aromatic carbocycles. The summed E-state index contributed by atoms with van der Waals surface area (Å²) >= 11 is 0. The maximum atomic E-state index is 13.9. The standard InChI is InChI=1S/C18H20FN3O/c19-16-10-13(11-20)4-5-15(16)12-23-18-3-1-2-17(22-18)14-6-8-21-9-7-14/h1-5,10,14,17,21-22H,6-9,12H2. The van der Waals surface area contributed by atoms with Crippen LogP contribution in [0.2, 0.25) is 0 Å². The van der Waals surface area contributed by atoms with Crippen LogP contribution >= 0.6 is 0 Å². The van der Waals surface area contributed by atoms with Crippen LogP contribution < -0.4 is 10.6 Å². The van der Waals surface area contributed by atoms with Gasteiger partial charge in [0.05, 0.1) is 17.7 Å². The van der Waals surface area contributed by atoms with E-state index in [0.717, 1.165) is 25.9 Å². The Labute approximate surface area is 135 Å². The van der Waals surface area contributed by atoms with Gasteiger partial charge in [-0.15, -0.1) is 0 Å².